The van der Waals surface area contributed by atoms with Gasteiger partial charge in [0.1, 0.15) is 5.54 Å². The Bertz CT molecular complexity index is 1170. The fraction of sp³-hybridized carbons (Fsp3) is 0.429. The standard InChI is InChI=1S/C21H25N5O4/c1-4-25-12-9-17(23-25)22-19(28)21(2)10-5-6-11-26(21)18(27)14-7-8-16-15(13-14)24(3)20(29)30-16/h7-9,12-13H,4-6,10-11H2,1-3H3,(H,22,23,28). The van der Waals surface area contributed by atoms with Gasteiger partial charge in [0.2, 0.25) is 0 Å². The van der Waals surface area contributed by atoms with Crippen molar-refractivity contribution in [3.05, 3.63) is 46.6 Å². The summed E-state index contributed by atoms with van der Waals surface area (Å²) in [5.74, 6) is -0.519. The summed E-state index contributed by atoms with van der Waals surface area (Å²) in [4.78, 5) is 40.0. The third kappa shape index (κ3) is 3.30. The summed E-state index contributed by atoms with van der Waals surface area (Å²) < 4.78 is 8.23. The zero-order valence-corrected chi connectivity index (χ0v) is 17.3. The van der Waals surface area contributed by atoms with Crippen LogP contribution in [0.2, 0.25) is 0 Å². The molecule has 0 aliphatic carbocycles. The van der Waals surface area contributed by atoms with E-state index in [0.29, 0.717) is 42.0 Å². The van der Waals surface area contributed by atoms with Crippen molar-refractivity contribution in [2.24, 2.45) is 7.05 Å². The van der Waals surface area contributed by atoms with E-state index in [1.54, 1.807) is 54.0 Å². The maximum absolute atomic E-state index is 13.4. The highest BCUT2D eigenvalue weighted by Gasteiger charge is 2.44. The number of aryl methyl sites for hydroxylation is 2. The Balaban J connectivity index is 1.63. The molecule has 2 aromatic heterocycles. The number of rotatable bonds is 4. The van der Waals surface area contributed by atoms with Gasteiger partial charge in [0, 0.05) is 38.0 Å². The molecule has 1 aliphatic rings. The molecule has 30 heavy (non-hydrogen) atoms. The second-order valence-corrected chi connectivity index (χ2v) is 7.81. The van der Waals surface area contributed by atoms with E-state index in [0.717, 1.165) is 12.8 Å². The first kappa shape index (κ1) is 19.9. The van der Waals surface area contributed by atoms with Crippen molar-refractivity contribution >= 4 is 28.7 Å². The summed E-state index contributed by atoms with van der Waals surface area (Å²) in [6.45, 7) is 4.95. The van der Waals surface area contributed by atoms with E-state index in [-0.39, 0.29) is 11.8 Å². The molecular formula is C21H25N5O4. The van der Waals surface area contributed by atoms with Gasteiger partial charge in [0.15, 0.2) is 11.4 Å². The van der Waals surface area contributed by atoms with E-state index in [4.69, 9.17) is 4.42 Å². The summed E-state index contributed by atoms with van der Waals surface area (Å²) in [7, 11) is 1.59. The highest BCUT2D eigenvalue weighted by Crippen LogP contribution is 2.31. The van der Waals surface area contributed by atoms with E-state index in [1.165, 1.54) is 4.57 Å². The van der Waals surface area contributed by atoms with Crippen LogP contribution < -0.4 is 11.1 Å². The minimum Gasteiger partial charge on any atom is -0.408 e. The molecule has 0 radical (unpaired) electrons. The molecule has 9 heteroatoms. The van der Waals surface area contributed by atoms with E-state index >= 15 is 0 Å². The molecule has 1 N–H and O–H groups in total. The maximum atomic E-state index is 13.4. The molecule has 1 aromatic carbocycles. The van der Waals surface area contributed by atoms with Crippen molar-refractivity contribution in [2.45, 2.75) is 45.2 Å². The first-order chi connectivity index (χ1) is 14.3. The number of anilines is 1. The largest absolute Gasteiger partial charge is 0.419 e. The number of benzene rings is 1. The Labute approximate surface area is 173 Å². The van der Waals surface area contributed by atoms with Crippen LogP contribution in [0.5, 0.6) is 0 Å². The number of nitrogens with zero attached hydrogens (tertiary/aromatic N) is 4. The fourth-order valence-corrected chi connectivity index (χ4v) is 3.95. The lowest BCUT2D eigenvalue weighted by molar-refractivity contribution is -0.127. The smallest absolute Gasteiger partial charge is 0.408 e. The third-order valence-electron chi connectivity index (χ3n) is 5.87. The molecule has 158 valence electrons. The molecule has 9 nitrogen and oxygen atoms in total. The van der Waals surface area contributed by atoms with E-state index in [1.807, 2.05) is 6.92 Å². The average molecular weight is 411 g/mol. The molecule has 0 saturated carbocycles. The summed E-state index contributed by atoms with van der Waals surface area (Å²) in [6.07, 6.45) is 4.04. The Morgan fingerprint density at radius 1 is 1.27 bits per heavy atom. The predicted molar refractivity (Wildman–Crippen MR) is 111 cm³/mol. The van der Waals surface area contributed by atoms with Crippen molar-refractivity contribution in [1.29, 1.82) is 0 Å². The zero-order valence-electron chi connectivity index (χ0n) is 17.3. The Hall–Kier alpha value is -3.36. The molecule has 3 aromatic rings. The number of carbonyl (C=O) groups excluding carboxylic acids is 2. The second kappa shape index (κ2) is 7.47. The average Bonchev–Trinajstić information content (AvgIpc) is 3.31. The van der Waals surface area contributed by atoms with Crippen LogP contribution in [-0.4, -0.2) is 43.1 Å². The second-order valence-electron chi connectivity index (χ2n) is 7.81. The summed E-state index contributed by atoms with van der Waals surface area (Å²) in [5, 5.41) is 7.17. The topological polar surface area (TPSA) is 102 Å². The van der Waals surface area contributed by atoms with Crippen LogP contribution in [-0.2, 0) is 18.4 Å². The van der Waals surface area contributed by atoms with Crippen molar-refractivity contribution < 1.29 is 14.0 Å². The van der Waals surface area contributed by atoms with Gasteiger partial charge in [-0.15, -0.1) is 0 Å². The summed E-state index contributed by atoms with van der Waals surface area (Å²) >= 11 is 0. The third-order valence-corrected chi connectivity index (χ3v) is 5.87. The van der Waals surface area contributed by atoms with E-state index < -0.39 is 11.3 Å². The first-order valence-electron chi connectivity index (χ1n) is 10.1. The number of carbonyl (C=O) groups is 2. The SMILES string of the molecule is CCn1ccc(NC(=O)C2(C)CCCCN2C(=O)c2ccc3oc(=O)n(C)c3c2)n1. The number of aromatic nitrogens is 3. The van der Waals surface area contributed by atoms with Crippen LogP contribution in [0.4, 0.5) is 5.82 Å². The van der Waals surface area contributed by atoms with Crippen LogP contribution >= 0.6 is 0 Å². The van der Waals surface area contributed by atoms with Crippen molar-refractivity contribution in [3.8, 4) is 0 Å². The van der Waals surface area contributed by atoms with Gasteiger partial charge in [-0.1, -0.05) is 0 Å². The lowest BCUT2D eigenvalue weighted by Gasteiger charge is -2.43. The van der Waals surface area contributed by atoms with E-state index in [2.05, 4.69) is 10.4 Å². The van der Waals surface area contributed by atoms with Crippen LogP contribution in [0, 0.1) is 0 Å². The lowest BCUT2D eigenvalue weighted by atomic mass is 9.86. The number of piperidine rings is 1. The number of oxazole rings is 1. The van der Waals surface area contributed by atoms with Gasteiger partial charge < -0.3 is 14.6 Å². The zero-order chi connectivity index (χ0) is 21.5. The first-order valence-corrected chi connectivity index (χ1v) is 10.1. The van der Waals surface area contributed by atoms with Crippen LogP contribution in [0.3, 0.4) is 0 Å². The molecule has 1 fully saturated rings. The van der Waals surface area contributed by atoms with Gasteiger partial charge in [0.05, 0.1) is 5.52 Å². The van der Waals surface area contributed by atoms with Gasteiger partial charge in [-0.25, -0.2) is 4.79 Å². The summed E-state index contributed by atoms with van der Waals surface area (Å²) in [5.41, 5.74) is 0.377. The molecule has 2 amide bonds. The Kier molecular flexibility index (Phi) is 4.97. The number of nitrogens with one attached hydrogen (secondary N) is 1. The maximum Gasteiger partial charge on any atom is 0.419 e. The molecule has 0 spiro atoms. The van der Waals surface area contributed by atoms with Gasteiger partial charge in [-0.05, 0) is 51.3 Å². The lowest BCUT2D eigenvalue weighted by Crippen LogP contribution is -2.59. The molecular weight excluding hydrogens is 386 g/mol. The molecule has 1 unspecified atom stereocenters. The van der Waals surface area contributed by atoms with Gasteiger partial charge in [-0.3, -0.25) is 18.8 Å². The molecule has 1 aliphatic heterocycles. The molecule has 0 bridgehead atoms. The van der Waals surface area contributed by atoms with E-state index in [9.17, 15) is 14.4 Å². The summed E-state index contributed by atoms with van der Waals surface area (Å²) in [6, 6.07) is 6.62. The monoisotopic (exact) mass is 411 g/mol. The molecule has 4 rings (SSSR count). The van der Waals surface area contributed by atoms with Crippen molar-refractivity contribution in [1.82, 2.24) is 19.2 Å². The van der Waals surface area contributed by atoms with Gasteiger partial charge in [0.25, 0.3) is 11.8 Å². The minimum absolute atomic E-state index is 0.248. The minimum atomic E-state index is -0.997. The quantitative estimate of drug-likeness (QED) is 0.710. The number of hydrogen-bond donors (Lipinski definition) is 1. The number of hydrogen-bond acceptors (Lipinski definition) is 5. The van der Waals surface area contributed by atoms with Crippen LogP contribution in [0.25, 0.3) is 11.1 Å². The highest BCUT2D eigenvalue weighted by molar-refractivity contribution is 6.04. The number of fused-ring (bicyclic) bond motifs is 1. The fourth-order valence-electron chi connectivity index (χ4n) is 3.95. The predicted octanol–water partition coefficient (Wildman–Crippen LogP) is 2.37. The van der Waals surface area contributed by atoms with Crippen molar-refractivity contribution in [2.75, 3.05) is 11.9 Å². The molecule has 1 saturated heterocycles. The Morgan fingerprint density at radius 3 is 2.80 bits per heavy atom. The Morgan fingerprint density at radius 2 is 2.07 bits per heavy atom. The van der Waals surface area contributed by atoms with Crippen LogP contribution in [0.1, 0.15) is 43.5 Å². The normalized spacial score (nSPS) is 19.2. The molecule has 3 heterocycles. The number of amides is 2. The van der Waals surface area contributed by atoms with Crippen molar-refractivity contribution in [3.63, 3.8) is 0 Å². The van der Waals surface area contributed by atoms with Gasteiger partial charge in [-0.2, -0.15) is 5.10 Å². The van der Waals surface area contributed by atoms with Crippen LogP contribution in [0.15, 0.2) is 39.7 Å². The number of likely N-dealkylation sites (tertiary alicyclic amines) is 1. The highest BCUT2D eigenvalue weighted by atomic mass is 16.4. The molecule has 1 atom stereocenters. The van der Waals surface area contributed by atoms with Gasteiger partial charge >= 0.3 is 5.76 Å².